The molecule has 11 heteroatoms. The normalized spacial score (nSPS) is 18.0. The topological polar surface area (TPSA) is 93.3 Å². The van der Waals surface area contributed by atoms with Gasteiger partial charge in [-0.25, -0.2) is 13.8 Å². The Morgan fingerprint density at radius 2 is 2.00 bits per heavy atom. The molecule has 9 nitrogen and oxygen atoms in total. The zero-order valence-corrected chi connectivity index (χ0v) is 22.5. The minimum absolute atomic E-state index is 0.0131. The Labute approximate surface area is 230 Å². The minimum atomic E-state index is -0.737. The number of benzene rings is 1. The molecule has 0 aliphatic carbocycles. The van der Waals surface area contributed by atoms with Crippen LogP contribution in [0.3, 0.4) is 0 Å². The van der Waals surface area contributed by atoms with E-state index in [1.807, 2.05) is 11.9 Å². The number of hydrogen-bond donors (Lipinski definition) is 2. The number of likely N-dealkylation sites (N-methyl/N-ethyl adjacent to an activating group) is 2. The lowest BCUT2D eigenvalue weighted by Crippen LogP contribution is -2.45. The van der Waals surface area contributed by atoms with Crippen LogP contribution in [0.25, 0.3) is 33.1 Å². The third-order valence-electron chi connectivity index (χ3n) is 7.81. The number of H-pyrrole nitrogens is 1. The van der Waals surface area contributed by atoms with Gasteiger partial charge in [0.05, 0.1) is 16.6 Å². The average molecular weight is 545 g/mol. The summed E-state index contributed by atoms with van der Waals surface area (Å²) in [7, 11) is 3.99. The van der Waals surface area contributed by atoms with E-state index in [2.05, 4.69) is 43.0 Å². The van der Waals surface area contributed by atoms with E-state index in [9.17, 15) is 9.18 Å². The third kappa shape index (κ3) is 4.63. The van der Waals surface area contributed by atoms with Gasteiger partial charge in [-0.1, -0.05) is 12.0 Å². The van der Waals surface area contributed by atoms with Gasteiger partial charge < -0.3 is 25.0 Å². The van der Waals surface area contributed by atoms with Gasteiger partial charge in [-0.3, -0.25) is 9.78 Å². The molecule has 2 N–H and O–H groups in total. The number of aromatic amines is 1. The summed E-state index contributed by atoms with van der Waals surface area (Å²) in [6.45, 7) is 4.74. The second kappa shape index (κ2) is 10.4. The second-order valence-corrected chi connectivity index (χ2v) is 10.5. The summed E-state index contributed by atoms with van der Waals surface area (Å²) in [5, 5.41) is 4.55. The van der Waals surface area contributed by atoms with E-state index < -0.39 is 17.2 Å². The highest BCUT2D eigenvalue weighted by molar-refractivity contribution is 6.00. The first-order valence-electron chi connectivity index (χ1n) is 13.4. The monoisotopic (exact) mass is 544 g/mol. The van der Waals surface area contributed by atoms with E-state index in [4.69, 9.17) is 11.4 Å². The number of hydrogen-bond acceptors (Lipinski definition) is 8. The van der Waals surface area contributed by atoms with Crippen LogP contribution in [0.4, 0.5) is 20.5 Å². The van der Waals surface area contributed by atoms with Crippen LogP contribution in [-0.2, 0) is 0 Å². The highest BCUT2D eigenvalue weighted by atomic mass is 19.1. The van der Waals surface area contributed by atoms with Crippen molar-refractivity contribution in [1.29, 1.82) is 0 Å². The van der Waals surface area contributed by atoms with Gasteiger partial charge in [0, 0.05) is 63.5 Å². The molecule has 2 saturated heterocycles. The number of terminal acetylenes is 1. The first kappa shape index (κ1) is 26.1. The highest BCUT2D eigenvalue weighted by Crippen LogP contribution is 2.35. The molecule has 2 aliphatic heterocycles. The molecule has 3 aromatic heterocycles. The van der Waals surface area contributed by atoms with Gasteiger partial charge in [-0.05, 0) is 37.9 Å². The van der Waals surface area contributed by atoms with Gasteiger partial charge in [0.15, 0.2) is 5.82 Å². The summed E-state index contributed by atoms with van der Waals surface area (Å²) in [5.74, 6) is 1.97. The molecule has 2 aliphatic rings. The number of fused-ring (bicyclic) bond motifs is 2. The molecular weight excluding hydrogens is 514 g/mol. The maximum absolute atomic E-state index is 16.5. The lowest BCUT2D eigenvalue weighted by molar-refractivity contribution is 0.311. The van der Waals surface area contributed by atoms with Gasteiger partial charge in [0.1, 0.15) is 22.8 Å². The van der Waals surface area contributed by atoms with Crippen LogP contribution in [-0.4, -0.2) is 84.2 Å². The molecular formula is C29H30F2N8O. The Balaban J connectivity index is 1.56. The quantitative estimate of drug-likeness (QED) is 0.371. The van der Waals surface area contributed by atoms with Crippen molar-refractivity contribution in [3.05, 3.63) is 51.9 Å². The van der Waals surface area contributed by atoms with Crippen LogP contribution in [0.15, 0.2) is 29.2 Å². The molecule has 0 saturated carbocycles. The molecule has 4 aromatic rings. The minimum Gasteiger partial charge on any atom is -0.357 e. The van der Waals surface area contributed by atoms with E-state index in [0.29, 0.717) is 48.2 Å². The molecule has 206 valence electrons. The summed E-state index contributed by atoms with van der Waals surface area (Å²) in [6, 6.07) is 4.25. The fourth-order valence-corrected chi connectivity index (χ4v) is 5.64. The fraction of sp³-hybridized carbons (Fsp3) is 0.379. The average Bonchev–Trinajstić information content (AvgIpc) is 3.46. The third-order valence-corrected chi connectivity index (χ3v) is 7.81. The van der Waals surface area contributed by atoms with Gasteiger partial charge in [-0.2, -0.15) is 4.98 Å². The Hall–Kier alpha value is -4.14. The molecule has 0 bridgehead atoms. The molecule has 1 aromatic carbocycles. The van der Waals surface area contributed by atoms with E-state index >= 15 is 4.39 Å². The zero-order chi connectivity index (χ0) is 28.0. The summed E-state index contributed by atoms with van der Waals surface area (Å²) >= 11 is 0. The van der Waals surface area contributed by atoms with Crippen LogP contribution in [0, 0.1) is 24.0 Å². The molecule has 1 atom stereocenters. The second-order valence-electron chi connectivity index (χ2n) is 10.5. The van der Waals surface area contributed by atoms with Crippen molar-refractivity contribution >= 4 is 33.4 Å². The van der Waals surface area contributed by atoms with Gasteiger partial charge in [-0.15, -0.1) is 6.42 Å². The van der Waals surface area contributed by atoms with Crippen molar-refractivity contribution in [2.24, 2.45) is 0 Å². The number of piperazine rings is 1. The predicted octanol–water partition coefficient (Wildman–Crippen LogP) is 2.73. The van der Waals surface area contributed by atoms with Gasteiger partial charge in [0.2, 0.25) is 11.5 Å². The number of nitrogens with one attached hydrogen (secondary N) is 2. The fourth-order valence-electron chi connectivity index (χ4n) is 5.64. The number of rotatable bonds is 5. The summed E-state index contributed by atoms with van der Waals surface area (Å²) in [4.78, 5) is 35.5. The van der Waals surface area contributed by atoms with E-state index in [-0.39, 0.29) is 27.9 Å². The molecule has 6 rings (SSSR count). The molecule has 5 heterocycles. The maximum atomic E-state index is 16.5. The van der Waals surface area contributed by atoms with E-state index in [0.717, 1.165) is 32.5 Å². The highest BCUT2D eigenvalue weighted by Gasteiger charge is 2.26. The summed E-state index contributed by atoms with van der Waals surface area (Å²) in [6.07, 6.45) is 9.30. The first-order valence-corrected chi connectivity index (χ1v) is 13.4. The zero-order valence-electron chi connectivity index (χ0n) is 22.5. The van der Waals surface area contributed by atoms with Crippen LogP contribution in [0.5, 0.6) is 0 Å². The van der Waals surface area contributed by atoms with Crippen LogP contribution in [0.2, 0.25) is 0 Å². The molecule has 0 radical (unpaired) electrons. The van der Waals surface area contributed by atoms with Crippen molar-refractivity contribution < 1.29 is 8.78 Å². The number of halogens is 2. The molecule has 0 amide bonds. The summed E-state index contributed by atoms with van der Waals surface area (Å²) in [5.41, 5.74) is -0.628. The summed E-state index contributed by atoms with van der Waals surface area (Å²) < 4.78 is 31.2. The van der Waals surface area contributed by atoms with Gasteiger partial charge in [0.25, 0.3) is 0 Å². The largest absolute Gasteiger partial charge is 0.357 e. The smallest absolute Gasteiger partial charge is 0.249 e. The van der Waals surface area contributed by atoms with E-state index in [1.54, 1.807) is 0 Å². The van der Waals surface area contributed by atoms with Crippen LogP contribution >= 0.6 is 0 Å². The standard InChI is InChI=1S/C29H30F2N8O/c1-4-19-21(30)8-7-17-14-22(40)34-26(23(17)19)27-24(31)25-20(15-33-27)28(38(3)16-18-6-5-9-32-18)36-29(35-25)39-12-10-37(2)11-13-39/h1,7-8,14-15,18,32H,5-6,9-13,16H2,2-3H3,(H,34,40)/t18-/m1/s1. The van der Waals surface area contributed by atoms with Crippen molar-refractivity contribution in [2.45, 2.75) is 18.9 Å². The molecule has 0 spiro atoms. The van der Waals surface area contributed by atoms with Crippen molar-refractivity contribution in [3.8, 4) is 23.7 Å². The molecule has 2 fully saturated rings. The lowest BCUT2D eigenvalue weighted by Gasteiger charge is -2.33. The Bertz CT molecular complexity index is 1700. The Morgan fingerprint density at radius 1 is 1.20 bits per heavy atom. The first-order chi connectivity index (χ1) is 19.3. The van der Waals surface area contributed by atoms with Gasteiger partial charge >= 0.3 is 0 Å². The van der Waals surface area contributed by atoms with Crippen molar-refractivity contribution in [1.82, 2.24) is 30.2 Å². The SMILES string of the molecule is C#Cc1c(F)ccc2cc(=O)[nH]c(-c3ncc4c(N(C)C[C@H]5CCCN5)nc(N5CCN(C)CC5)nc4c3F)c12. The van der Waals surface area contributed by atoms with Crippen molar-refractivity contribution in [2.75, 3.05) is 63.2 Å². The maximum Gasteiger partial charge on any atom is 0.249 e. The van der Waals surface area contributed by atoms with Crippen LogP contribution in [0.1, 0.15) is 18.4 Å². The van der Waals surface area contributed by atoms with E-state index in [1.165, 1.54) is 24.4 Å². The number of aromatic nitrogens is 4. The predicted molar refractivity (Wildman–Crippen MR) is 153 cm³/mol. The Morgan fingerprint density at radius 3 is 2.73 bits per heavy atom. The van der Waals surface area contributed by atoms with Crippen molar-refractivity contribution in [3.63, 3.8) is 0 Å². The van der Waals surface area contributed by atoms with Crippen LogP contribution < -0.4 is 20.7 Å². The molecule has 0 unspecified atom stereocenters. The Kier molecular flexibility index (Phi) is 6.82. The molecule has 40 heavy (non-hydrogen) atoms. The number of pyridine rings is 2. The number of anilines is 2. The number of nitrogens with zero attached hydrogens (tertiary/aromatic N) is 6. The lowest BCUT2D eigenvalue weighted by atomic mass is 10.0.